The summed E-state index contributed by atoms with van der Waals surface area (Å²) in [6, 6.07) is 0. The monoisotopic (exact) mass is 186 g/mol. The summed E-state index contributed by atoms with van der Waals surface area (Å²) in [6.45, 7) is 0. The largest absolute Gasteiger partial charge is 1.00 e. The molecule has 0 heterocycles. The third-order valence-corrected chi connectivity index (χ3v) is 2.84. The zero-order chi connectivity index (χ0) is 6.69. The molecular weight excluding hydrogens is 175 g/mol. The van der Waals surface area contributed by atoms with Gasteiger partial charge in [-0.1, -0.05) is 30.3 Å². The normalized spacial score (nSPS) is 23.3. The summed E-state index contributed by atoms with van der Waals surface area (Å²) >= 11 is -1.80. The molecule has 0 bridgehead atoms. The van der Waals surface area contributed by atoms with E-state index in [-0.39, 0.29) is 56.6 Å². The summed E-state index contributed by atoms with van der Waals surface area (Å²) in [4.78, 5) is 0. The van der Waals surface area contributed by atoms with E-state index < -0.39 is 11.1 Å². The Balaban J connectivity index is 0.000000810. The first-order chi connectivity index (χ1) is 4.30. The molecule has 0 aliphatic heterocycles. The van der Waals surface area contributed by atoms with Crippen molar-refractivity contribution in [2.45, 2.75) is 37.4 Å². The molecule has 1 fully saturated rings. The number of hydrogen-bond acceptors (Lipinski definition) is 2. The van der Waals surface area contributed by atoms with Gasteiger partial charge in [0, 0.05) is 5.25 Å². The van der Waals surface area contributed by atoms with Crippen LogP contribution in [0.15, 0.2) is 0 Å². The maximum Gasteiger partial charge on any atom is 1.00 e. The van der Waals surface area contributed by atoms with Gasteiger partial charge in [0.15, 0.2) is 0 Å². The molecule has 2 nitrogen and oxygen atoms in total. The van der Waals surface area contributed by atoms with Crippen molar-refractivity contribution in [1.82, 2.24) is 0 Å². The van der Waals surface area contributed by atoms with Gasteiger partial charge in [-0.15, -0.1) is 0 Å². The van der Waals surface area contributed by atoms with Gasteiger partial charge >= 0.3 is 51.4 Å². The maximum atomic E-state index is 10.4. The zero-order valence-corrected chi connectivity index (χ0v) is 10.3. The predicted octanol–water partition coefficient (Wildman–Crippen LogP) is -1.80. The van der Waals surface area contributed by atoms with Gasteiger partial charge in [-0.05, 0) is 12.8 Å². The van der Waals surface area contributed by atoms with E-state index in [9.17, 15) is 8.76 Å². The Morgan fingerprint density at radius 3 is 2.00 bits per heavy atom. The molecule has 0 saturated heterocycles. The topological polar surface area (TPSA) is 40.1 Å². The van der Waals surface area contributed by atoms with Crippen LogP contribution < -0.4 is 51.4 Å². The minimum absolute atomic E-state index is 0. The van der Waals surface area contributed by atoms with Crippen LogP contribution in [0.2, 0.25) is 0 Å². The Kier molecular flexibility index (Phi) is 7.38. The molecule has 0 spiro atoms. The van der Waals surface area contributed by atoms with Crippen molar-refractivity contribution in [2.75, 3.05) is 0 Å². The molecule has 1 aliphatic rings. The molecule has 0 aromatic carbocycles. The number of hydrogen-bond donors (Lipinski definition) is 0. The number of rotatable bonds is 1. The first-order valence-corrected chi connectivity index (χ1v) is 4.52. The Morgan fingerprint density at radius 2 is 1.70 bits per heavy atom. The zero-order valence-electron chi connectivity index (χ0n) is 6.34. The molecule has 0 aromatic heterocycles. The smallest absolute Gasteiger partial charge is 0.772 e. The molecule has 1 rings (SSSR count). The minimum Gasteiger partial charge on any atom is -0.772 e. The van der Waals surface area contributed by atoms with Crippen LogP contribution >= 0.6 is 0 Å². The molecule has 1 aliphatic carbocycles. The van der Waals surface area contributed by atoms with E-state index in [1.807, 2.05) is 0 Å². The molecular formula is C6H11KO2S. The van der Waals surface area contributed by atoms with Crippen molar-refractivity contribution in [3.05, 3.63) is 0 Å². The third kappa shape index (κ3) is 3.95. The predicted molar refractivity (Wildman–Crippen MR) is 35.8 cm³/mol. The van der Waals surface area contributed by atoms with Crippen LogP contribution in [-0.2, 0) is 11.1 Å². The molecule has 4 heteroatoms. The fourth-order valence-corrected chi connectivity index (χ4v) is 1.98. The van der Waals surface area contributed by atoms with Crippen LogP contribution in [0.25, 0.3) is 0 Å². The van der Waals surface area contributed by atoms with Crippen LogP contribution in [-0.4, -0.2) is 14.0 Å². The van der Waals surface area contributed by atoms with Gasteiger partial charge in [-0.2, -0.15) is 0 Å². The van der Waals surface area contributed by atoms with Gasteiger partial charge in [0.05, 0.1) is 0 Å². The van der Waals surface area contributed by atoms with Crippen LogP contribution in [0.3, 0.4) is 0 Å². The SMILES string of the molecule is O=S([O-])C1CCCCC1.[K+]. The average molecular weight is 186 g/mol. The van der Waals surface area contributed by atoms with Crippen molar-refractivity contribution in [3.8, 4) is 0 Å². The third-order valence-electron chi connectivity index (χ3n) is 1.82. The van der Waals surface area contributed by atoms with Crippen molar-refractivity contribution in [1.29, 1.82) is 0 Å². The standard InChI is InChI=1S/C6H12O2S.K/c7-9(8)6-4-2-1-3-5-6;/h6H,1-5H2,(H,7,8);/q;+1/p-1. The van der Waals surface area contributed by atoms with Gasteiger partial charge in [0.1, 0.15) is 0 Å². The second-order valence-corrected chi connectivity index (χ2v) is 3.71. The Labute approximate surface area is 107 Å². The Bertz CT molecular complexity index is 112. The molecule has 1 atom stereocenters. The molecule has 10 heavy (non-hydrogen) atoms. The average Bonchev–Trinajstić information content (AvgIpc) is 1.90. The van der Waals surface area contributed by atoms with Crippen LogP contribution in [0, 0.1) is 0 Å². The van der Waals surface area contributed by atoms with Gasteiger partial charge in [-0.3, -0.25) is 4.21 Å². The molecule has 0 radical (unpaired) electrons. The van der Waals surface area contributed by atoms with Crippen LogP contribution in [0.1, 0.15) is 32.1 Å². The van der Waals surface area contributed by atoms with E-state index in [0.717, 1.165) is 25.7 Å². The van der Waals surface area contributed by atoms with Crippen LogP contribution in [0.5, 0.6) is 0 Å². The first-order valence-electron chi connectivity index (χ1n) is 3.39. The van der Waals surface area contributed by atoms with E-state index >= 15 is 0 Å². The molecule has 1 unspecified atom stereocenters. The van der Waals surface area contributed by atoms with E-state index in [2.05, 4.69) is 0 Å². The minimum atomic E-state index is -1.80. The molecule has 54 valence electrons. The summed E-state index contributed by atoms with van der Waals surface area (Å²) < 4.78 is 20.7. The van der Waals surface area contributed by atoms with Crippen molar-refractivity contribution < 1.29 is 60.1 Å². The van der Waals surface area contributed by atoms with E-state index in [1.165, 1.54) is 6.42 Å². The van der Waals surface area contributed by atoms with Gasteiger partial charge < -0.3 is 4.55 Å². The summed E-state index contributed by atoms with van der Waals surface area (Å²) in [5.74, 6) is 0. The summed E-state index contributed by atoms with van der Waals surface area (Å²) in [5, 5.41) is -0.0289. The molecule has 0 amide bonds. The molecule has 0 aromatic rings. The van der Waals surface area contributed by atoms with Crippen molar-refractivity contribution in [2.24, 2.45) is 0 Å². The van der Waals surface area contributed by atoms with Gasteiger partial charge in [0.25, 0.3) is 0 Å². The fraction of sp³-hybridized carbons (Fsp3) is 1.00. The van der Waals surface area contributed by atoms with Gasteiger partial charge in [-0.25, -0.2) is 0 Å². The summed E-state index contributed by atoms with van der Waals surface area (Å²) in [7, 11) is 0. The van der Waals surface area contributed by atoms with Crippen molar-refractivity contribution in [3.63, 3.8) is 0 Å². The van der Waals surface area contributed by atoms with E-state index in [0.29, 0.717) is 0 Å². The summed E-state index contributed by atoms with van der Waals surface area (Å²) in [5.41, 5.74) is 0. The van der Waals surface area contributed by atoms with E-state index in [4.69, 9.17) is 0 Å². The van der Waals surface area contributed by atoms with Gasteiger partial charge in [0.2, 0.25) is 0 Å². The maximum absolute atomic E-state index is 10.4. The second kappa shape index (κ2) is 6.28. The fourth-order valence-electron chi connectivity index (χ4n) is 1.26. The quantitative estimate of drug-likeness (QED) is 0.358. The first kappa shape index (κ1) is 11.7. The Hall–Kier alpha value is 1.75. The van der Waals surface area contributed by atoms with Crippen LogP contribution in [0.4, 0.5) is 0 Å². The second-order valence-electron chi connectivity index (χ2n) is 2.52. The van der Waals surface area contributed by atoms with E-state index in [1.54, 1.807) is 0 Å². The summed E-state index contributed by atoms with van der Waals surface area (Å²) in [6.07, 6.45) is 5.18. The molecule has 1 saturated carbocycles. The molecule has 0 N–H and O–H groups in total. The van der Waals surface area contributed by atoms with Crippen molar-refractivity contribution >= 4 is 11.1 Å². The Morgan fingerprint density at radius 1 is 1.20 bits per heavy atom.